The van der Waals surface area contributed by atoms with Crippen molar-refractivity contribution in [1.29, 1.82) is 5.26 Å². The minimum absolute atomic E-state index is 0.0317. The molecule has 2 saturated heterocycles. The number of pyridine rings is 1. The molecular weight excluding hydrogens is 555 g/mol. The van der Waals surface area contributed by atoms with Crippen LogP contribution in [0.4, 0.5) is 10.2 Å². The van der Waals surface area contributed by atoms with Crippen LogP contribution in [0.3, 0.4) is 0 Å². The van der Waals surface area contributed by atoms with E-state index in [-0.39, 0.29) is 48.2 Å². The smallest absolute Gasteiger partial charge is 0.335 e. The van der Waals surface area contributed by atoms with Gasteiger partial charge in [0.25, 0.3) is 0 Å². The van der Waals surface area contributed by atoms with Crippen molar-refractivity contribution >= 4 is 28.7 Å². The summed E-state index contributed by atoms with van der Waals surface area (Å²) in [6.07, 6.45) is 0.950. The molecule has 0 radical (unpaired) electrons. The minimum atomic E-state index is -1.00. The van der Waals surface area contributed by atoms with E-state index in [2.05, 4.69) is 4.98 Å². The molecule has 2 aromatic heterocycles. The highest BCUT2D eigenvalue weighted by molar-refractivity contribution is 5.95. The van der Waals surface area contributed by atoms with Gasteiger partial charge in [-0.3, -0.25) is 14.6 Å². The highest BCUT2D eigenvalue weighted by Gasteiger charge is 2.32. The summed E-state index contributed by atoms with van der Waals surface area (Å²) in [7, 11) is 0. The van der Waals surface area contributed by atoms with Gasteiger partial charge in [0.15, 0.2) is 0 Å². The lowest BCUT2D eigenvalue weighted by Gasteiger charge is -2.37. The highest BCUT2D eigenvalue weighted by Crippen LogP contribution is 2.30. The second-order valence-corrected chi connectivity index (χ2v) is 10.6. The van der Waals surface area contributed by atoms with Crippen LogP contribution >= 0.6 is 0 Å². The predicted octanol–water partition coefficient (Wildman–Crippen LogP) is 3.92. The number of carboxylic acid groups (broad SMARTS) is 1. The Bertz CT molecular complexity index is 1750. The number of carboxylic acids is 1. The lowest BCUT2D eigenvalue weighted by molar-refractivity contribution is -0.122. The summed E-state index contributed by atoms with van der Waals surface area (Å²) in [5.41, 5.74) is 2.12. The SMILES string of the molecule is C[C@@H](c1nc2ccc(C(=O)O)cc2n1CC1CCO1)N1CCN(c2cccc(OCc3ccc(C#N)cc3F)n2)C(=O)C1. The van der Waals surface area contributed by atoms with Gasteiger partial charge < -0.3 is 19.1 Å². The van der Waals surface area contributed by atoms with Crippen LogP contribution in [0.1, 0.15) is 46.7 Å². The number of aromatic carboxylic acids is 1. The van der Waals surface area contributed by atoms with Crippen LogP contribution in [-0.4, -0.2) is 68.8 Å². The number of benzene rings is 2. The molecule has 2 fully saturated rings. The Morgan fingerprint density at radius 3 is 2.74 bits per heavy atom. The Hall–Kier alpha value is -4.86. The summed E-state index contributed by atoms with van der Waals surface area (Å²) in [6, 6.07) is 15.8. The van der Waals surface area contributed by atoms with Crippen molar-refractivity contribution in [2.45, 2.75) is 38.6 Å². The molecule has 6 rings (SSSR count). The number of fused-ring (bicyclic) bond motifs is 1. The Kier molecular flexibility index (Phi) is 7.75. The van der Waals surface area contributed by atoms with E-state index in [0.29, 0.717) is 43.1 Å². The zero-order valence-electron chi connectivity index (χ0n) is 23.4. The number of anilines is 1. The number of rotatable bonds is 9. The number of ether oxygens (including phenoxy) is 2. The summed E-state index contributed by atoms with van der Waals surface area (Å²) < 4.78 is 27.7. The fourth-order valence-electron chi connectivity index (χ4n) is 5.37. The number of piperazine rings is 1. The standard InChI is InChI=1S/C31H29FN6O5/c1-19(30-34-25-8-7-21(31(40)41)14-26(25)38(30)16-23-9-12-42-23)36-10-11-37(29(39)17-36)27-3-2-4-28(35-27)43-18-22-6-5-20(15-33)13-24(22)32/h2-8,13-14,19,23H,9-12,16-18H2,1H3,(H,40,41)/t19-,23?/m0/s1. The number of amides is 1. The second-order valence-electron chi connectivity index (χ2n) is 10.6. The summed E-state index contributed by atoms with van der Waals surface area (Å²) in [5, 5.41) is 18.5. The molecule has 0 spiro atoms. The van der Waals surface area contributed by atoms with Crippen molar-refractivity contribution in [2.24, 2.45) is 0 Å². The van der Waals surface area contributed by atoms with Gasteiger partial charge in [0.1, 0.15) is 24.1 Å². The fraction of sp³-hybridized carbons (Fsp3) is 0.323. The van der Waals surface area contributed by atoms with Gasteiger partial charge in [0, 0.05) is 31.3 Å². The van der Waals surface area contributed by atoms with Gasteiger partial charge in [-0.1, -0.05) is 12.1 Å². The molecule has 2 aliphatic rings. The monoisotopic (exact) mass is 584 g/mol. The van der Waals surface area contributed by atoms with Gasteiger partial charge in [-0.25, -0.2) is 14.2 Å². The first-order valence-corrected chi connectivity index (χ1v) is 14.0. The largest absolute Gasteiger partial charge is 0.478 e. The third-order valence-electron chi connectivity index (χ3n) is 7.92. The van der Waals surface area contributed by atoms with Gasteiger partial charge in [0.2, 0.25) is 11.8 Å². The lowest BCUT2D eigenvalue weighted by Crippen LogP contribution is -2.51. The zero-order chi connectivity index (χ0) is 30.1. The van der Waals surface area contributed by atoms with Gasteiger partial charge in [0.05, 0.1) is 53.5 Å². The molecule has 43 heavy (non-hydrogen) atoms. The van der Waals surface area contributed by atoms with E-state index in [1.54, 1.807) is 41.3 Å². The predicted molar refractivity (Wildman–Crippen MR) is 153 cm³/mol. The molecule has 11 nitrogen and oxygen atoms in total. The van der Waals surface area contributed by atoms with Crippen molar-refractivity contribution in [3.8, 4) is 11.9 Å². The topological polar surface area (TPSA) is 134 Å². The molecule has 1 unspecified atom stereocenters. The zero-order valence-corrected chi connectivity index (χ0v) is 23.4. The molecule has 220 valence electrons. The van der Waals surface area contributed by atoms with Gasteiger partial charge in [-0.2, -0.15) is 10.2 Å². The van der Waals surface area contributed by atoms with Crippen molar-refractivity contribution in [2.75, 3.05) is 31.1 Å². The number of nitrogens with zero attached hydrogens (tertiary/aromatic N) is 6. The fourth-order valence-corrected chi connectivity index (χ4v) is 5.37. The summed E-state index contributed by atoms with van der Waals surface area (Å²) in [5.74, 6) is -0.248. The van der Waals surface area contributed by atoms with Crippen LogP contribution in [0.5, 0.6) is 5.88 Å². The molecule has 4 aromatic rings. The summed E-state index contributed by atoms with van der Waals surface area (Å²) in [4.78, 5) is 38.0. The molecule has 4 heterocycles. The molecule has 0 saturated carbocycles. The number of halogens is 1. The number of imidazole rings is 1. The number of aromatic nitrogens is 3. The first-order chi connectivity index (χ1) is 20.8. The van der Waals surface area contributed by atoms with E-state index in [1.165, 1.54) is 12.1 Å². The van der Waals surface area contributed by atoms with E-state index in [4.69, 9.17) is 19.7 Å². The summed E-state index contributed by atoms with van der Waals surface area (Å²) in [6.45, 7) is 4.25. The van der Waals surface area contributed by atoms with Crippen LogP contribution < -0.4 is 9.64 Å². The van der Waals surface area contributed by atoms with Gasteiger partial charge in [-0.05, 0) is 49.7 Å². The van der Waals surface area contributed by atoms with Crippen LogP contribution in [-0.2, 0) is 22.7 Å². The van der Waals surface area contributed by atoms with Crippen molar-refractivity contribution in [3.63, 3.8) is 0 Å². The number of hydrogen-bond donors (Lipinski definition) is 1. The van der Waals surface area contributed by atoms with E-state index in [0.717, 1.165) is 23.8 Å². The lowest BCUT2D eigenvalue weighted by atomic mass is 10.1. The van der Waals surface area contributed by atoms with Crippen molar-refractivity contribution < 1.29 is 28.6 Å². The summed E-state index contributed by atoms with van der Waals surface area (Å²) >= 11 is 0. The average molecular weight is 585 g/mol. The Morgan fingerprint density at radius 1 is 1.21 bits per heavy atom. The Labute approximate surface area is 246 Å². The van der Waals surface area contributed by atoms with Crippen molar-refractivity contribution in [3.05, 3.63) is 82.9 Å². The van der Waals surface area contributed by atoms with E-state index >= 15 is 0 Å². The third-order valence-corrected chi connectivity index (χ3v) is 7.92. The molecule has 12 heteroatoms. The first kappa shape index (κ1) is 28.3. The van der Waals surface area contributed by atoms with Gasteiger partial charge in [-0.15, -0.1) is 0 Å². The molecule has 0 bridgehead atoms. The number of nitriles is 1. The maximum absolute atomic E-state index is 14.3. The normalized spacial score (nSPS) is 17.8. The van der Waals surface area contributed by atoms with E-state index in [1.807, 2.05) is 22.5 Å². The van der Waals surface area contributed by atoms with Crippen molar-refractivity contribution in [1.82, 2.24) is 19.4 Å². The highest BCUT2D eigenvalue weighted by atomic mass is 19.1. The molecular formula is C31H29FN6O5. The quantitative estimate of drug-likeness (QED) is 0.311. The molecule has 1 amide bonds. The maximum atomic E-state index is 14.3. The number of carbonyl (C=O) groups excluding carboxylic acids is 1. The van der Waals surface area contributed by atoms with Gasteiger partial charge >= 0.3 is 5.97 Å². The Morgan fingerprint density at radius 2 is 2.05 bits per heavy atom. The first-order valence-electron chi connectivity index (χ1n) is 14.0. The number of hydrogen-bond acceptors (Lipinski definition) is 8. The molecule has 2 aliphatic heterocycles. The van der Waals surface area contributed by atoms with Crippen LogP contribution in [0, 0.1) is 17.1 Å². The average Bonchev–Trinajstić information content (AvgIpc) is 3.35. The molecule has 0 aliphatic carbocycles. The molecule has 2 aromatic carbocycles. The molecule has 2 atom stereocenters. The number of carbonyl (C=O) groups is 2. The Balaban J connectivity index is 1.16. The second kappa shape index (κ2) is 11.8. The van der Waals surface area contributed by atoms with E-state index < -0.39 is 11.8 Å². The van der Waals surface area contributed by atoms with Crippen LogP contribution in [0.25, 0.3) is 11.0 Å². The maximum Gasteiger partial charge on any atom is 0.335 e. The van der Waals surface area contributed by atoms with E-state index in [9.17, 15) is 19.1 Å². The van der Waals surface area contributed by atoms with Crippen LogP contribution in [0.15, 0.2) is 54.6 Å². The minimum Gasteiger partial charge on any atom is -0.478 e. The molecule has 1 N–H and O–H groups in total. The van der Waals surface area contributed by atoms with Crippen LogP contribution in [0.2, 0.25) is 0 Å². The third kappa shape index (κ3) is 5.77.